The molecule has 2 rings (SSSR count). The molecule has 132 valence electrons. The minimum atomic E-state index is -0.475. The number of esters is 1. The fraction of sp³-hybridized carbons (Fsp3) is 0.263. The van der Waals surface area contributed by atoms with Crippen molar-refractivity contribution in [1.82, 2.24) is 5.32 Å². The molecule has 1 N–H and O–H groups in total. The molecule has 2 aromatic rings. The molecule has 0 spiro atoms. The van der Waals surface area contributed by atoms with Crippen LogP contribution in [-0.4, -0.2) is 25.1 Å². The number of carbonyl (C=O) groups excluding carboxylic acids is 2. The van der Waals surface area contributed by atoms with Crippen LogP contribution in [0.5, 0.6) is 5.75 Å². The first-order chi connectivity index (χ1) is 12.0. The molecule has 6 heteroatoms. The van der Waals surface area contributed by atoms with Gasteiger partial charge in [0, 0.05) is 4.47 Å². The van der Waals surface area contributed by atoms with Crippen LogP contribution in [0.15, 0.2) is 59.1 Å². The number of hydrogen-bond acceptors (Lipinski definition) is 4. The van der Waals surface area contributed by atoms with E-state index in [1.54, 1.807) is 6.07 Å². The smallest absolute Gasteiger partial charge is 0.309 e. The second-order valence-electron chi connectivity index (χ2n) is 5.42. The van der Waals surface area contributed by atoms with Crippen LogP contribution >= 0.6 is 15.9 Å². The highest BCUT2D eigenvalue weighted by atomic mass is 79.9. The van der Waals surface area contributed by atoms with Gasteiger partial charge in [-0.1, -0.05) is 52.3 Å². The summed E-state index contributed by atoms with van der Waals surface area (Å²) in [5.74, 6) is -0.147. The number of benzene rings is 2. The lowest BCUT2D eigenvalue weighted by atomic mass is 10.1. The van der Waals surface area contributed by atoms with Gasteiger partial charge < -0.3 is 14.8 Å². The number of rotatable bonds is 8. The summed E-state index contributed by atoms with van der Waals surface area (Å²) in [7, 11) is 0. The maximum atomic E-state index is 11.8. The van der Waals surface area contributed by atoms with E-state index in [1.165, 1.54) is 0 Å². The molecule has 0 heterocycles. The first kappa shape index (κ1) is 19.0. The number of ether oxygens (including phenoxy) is 2. The molecule has 0 aliphatic carbocycles. The van der Waals surface area contributed by atoms with E-state index in [2.05, 4.69) is 21.2 Å². The number of carbonyl (C=O) groups is 2. The Hall–Kier alpha value is -2.34. The Morgan fingerprint density at radius 3 is 2.60 bits per heavy atom. The van der Waals surface area contributed by atoms with Crippen molar-refractivity contribution in [3.63, 3.8) is 0 Å². The van der Waals surface area contributed by atoms with Gasteiger partial charge >= 0.3 is 5.97 Å². The number of amides is 1. The van der Waals surface area contributed by atoms with Crippen molar-refractivity contribution in [1.29, 1.82) is 0 Å². The first-order valence-electron chi connectivity index (χ1n) is 7.93. The highest BCUT2D eigenvalue weighted by Crippen LogP contribution is 2.17. The molecule has 2 aromatic carbocycles. The van der Waals surface area contributed by atoms with Gasteiger partial charge in [0.1, 0.15) is 5.75 Å². The zero-order chi connectivity index (χ0) is 18.1. The molecule has 0 saturated heterocycles. The molecule has 1 amide bonds. The molecular formula is C19H20BrNO4. The van der Waals surface area contributed by atoms with Gasteiger partial charge in [0.25, 0.3) is 5.91 Å². The average Bonchev–Trinajstić information content (AvgIpc) is 2.61. The van der Waals surface area contributed by atoms with E-state index in [0.29, 0.717) is 5.75 Å². The molecule has 0 unspecified atom stereocenters. The van der Waals surface area contributed by atoms with E-state index >= 15 is 0 Å². The average molecular weight is 406 g/mol. The van der Waals surface area contributed by atoms with E-state index in [-0.39, 0.29) is 31.6 Å². The quantitative estimate of drug-likeness (QED) is 0.680. The van der Waals surface area contributed by atoms with Gasteiger partial charge in [-0.3, -0.25) is 9.59 Å². The van der Waals surface area contributed by atoms with Crippen molar-refractivity contribution in [3.8, 4) is 5.75 Å². The van der Waals surface area contributed by atoms with Crippen LogP contribution in [0.4, 0.5) is 0 Å². The summed E-state index contributed by atoms with van der Waals surface area (Å²) in [5.41, 5.74) is 0.990. The van der Waals surface area contributed by atoms with Crippen LogP contribution in [0.1, 0.15) is 24.9 Å². The Balaban J connectivity index is 1.65. The van der Waals surface area contributed by atoms with Gasteiger partial charge in [-0.25, -0.2) is 0 Å². The van der Waals surface area contributed by atoms with Gasteiger partial charge in [0.15, 0.2) is 6.61 Å². The molecular weight excluding hydrogens is 386 g/mol. The topological polar surface area (TPSA) is 64.6 Å². The third kappa shape index (κ3) is 6.97. The molecule has 0 saturated carbocycles. The predicted molar refractivity (Wildman–Crippen MR) is 98.2 cm³/mol. The molecule has 5 nitrogen and oxygen atoms in total. The van der Waals surface area contributed by atoms with Crippen LogP contribution in [-0.2, 0) is 14.3 Å². The lowest BCUT2D eigenvalue weighted by Gasteiger charge is -2.14. The van der Waals surface area contributed by atoms with E-state index in [4.69, 9.17) is 9.47 Å². The third-order valence-corrected chi connectivity index (χ3v) is 3.91. The zero-order valence-electron chi connectivity index (χ0n) is 13.9. The fourth-order valence-corrected chi connectivity index (χ4v) is 2.51. The number of nitrogens with one attached hydrogen (secondary N) is 1. The highest BCUT2D eigenvalue weighted by molar-refractivity contribution is 9.10. The largest absolute Gasteiger partial charge is 0.493 e. The van der Waals surface area contributed by atoms with Crippen molar-refractivity contribution in [3.05, 3.63) is 64.6 Å². The van der Waals surface area contributed by atoms with Gasteiger partial charge in [-0.05, 0) is 30.7 Å². The Bertz CT molecular complexity index is 706. The molecule has 0 aliphatic rings. The Morgan fingerprint density at radius 1 is 1.12 bits per heavy atom. The number of halogens is 1. The van der Waals surface area contributed by atoms with Crippen LogP contribution in [0.25, 0.3) is 0 Å². The second-order valence-corrected chi connectivity index (χ2v) is 6.33. The summed E-state index contributed by atoms with van der Waals surface area (Å²) < 4.78 is 11.3. The summed E-state index contributed by atoms with van der Waals surface area (Å²) in [6, 6.07) is 16.8. The summed E-state index contributed by atoms with van der Waals surface area (Å²) in [5, 5.41) is 2.79. The molecule has 25 heavy (non-hydrogen) atoms. The summed E-state index contributed by atoms with van der Waals surface area (Å²) in [6.07, 6.45) is 0.0774. The molecule has 0 radical (unpaired) electrons. The Morgan fingerprint density at radius 2 is 1.88 bits per heavy atom. The third-order valence-electron chi connectivity index (χ3n) is 3.41. The van der Waals surface area contributed by atoms with Crippen LogP contribution in [0, 0.1) is 0 Å². The van der Waals surface area contributed by atoms with Crippen molar-refractivity contribution >= 4 is 27.8 Å². The van der Waals surface area contributed by atoms with Gasteiger partial charge in [0.2, 0.25) is 0 Å². The fourth-order valence-electron chi connectivity index (χ4n) is 2.14. The van der Waals surface area contributed by atoms with Crippen molar-refractivity contribution < 1.29 is 19.1 Å². The first-order valence-corrected chi connectivity index (χ1v) is 8.72. The van der Waals surface area contributed by atoms with Gasteiger partial charge in [0.05, 0.1) is 19.1 Å². The van der Waals surface area contributed by atoms with E-state index in [1.807, 2.05) is 55.5 Å². The number of hydrogen-bond donors (Lipinski definition) is 1. The predicted octanol–water partition coefficient (Wildman–Crippen LogP) is 3.64. The molecule has 0 bridgehead atoms. The van der Waals surface area contributed by atoms with Crippen molar-refractivity contribution in [2.24, 2.45) is 0 Å². The van der Waals surface area contributed by atoms with Crippen molar-refractivity contribution in [2.75, 3.05) is 13.2 Å². The lowest BCUT2D eigenvalue weighted by Crippen LogP contribution is -2.31. The van der Waals surface area contributed by atoms with Crippen LogP contribution in [0.2, 0.25) is 0 Å². The van der Waals surface area contributed by atoms with Crippen LogP contribution < -0.4 is 10.1 Å². The van der Waals surface area contributed by atoms with E-state index in [9.17, 15) is 9.59 Å². The van der Waals surface area contributed by atoms with Crippen molar-refractivity contribution in [2.45, 2.75) is 19.4 Å². The SMILES string of the molecule is C[C@@H](NC(=O)COC(=O)CCOc1cccc(Br)c1)c1ccccc1. The lowest BCUT2D eigenvalue weighted by molar-refractivity contribution is -0.149. The Labute approximate surface area is 155 Å². The molecule has 1 atom stereocenters. The van der Waals surface area contributed by atoms with E-state index in [0.717, 1.165) is 10.0 Å². The summed E-state index contributed by atoms with van der Waals surface area (Å²) >= 11 is 3.34. The van der Waals surface area contributed by atoms with Crippen LogP contribution in [0.3, 0.4) is 0 Å². The zero-order valence-corrected chi connectivity index (χ0v) is 15.5. The van der Waals surface area contributed by atoms with E-state index < -0.39 is 5.97 Å². The molecule has 0 fully saturated rings. The van der Waals surface area contributed by atoms with Gasteiger partial charge in [-0.2, -0.15) is 0 Å². The highest BCUT2D eigenvalue weighted by Gasteiger charge is 2.11. The minimum absolute atomic E-state index is 0.0774. The summed E-state index contributed by atoms with van der Waals surface area (Å²) in [4.78, 5) is 23.5. The normalized spacial score (nSPS) is 11.4. The Kier molecular flexibility index (Phi) is 7.47. The molecule has 0 aliphatic heterocycles. The van der Waals surface area contributed by atoms with Gasteiger partial charge in [-0.15, -0.1) is 0 Å². The summed E-state index contributed by atoms with van der Waals surface area (Å²) in [6.45, 7) is 1.77. The molecule has 0 aromatic heterocycles. The maximum Gasteiger partial charge on any atom is 0.309 e. The standard InChI is InChI=1S/C19H20BrNO4/c1-14(15-6-3-2-4-7-15)21-18(22)13-25-19(23)10-11-24-17-9-5-8-16(20)12-17/h2-9,12,14H,10-11,13H2,1H3,(H,21,22)/t14-/m1/s1. The monoisotopic (exact) mass is 405 g/mol. The second kappa shape index (κ2) is 9.84. The maximum absolute atomic E-state index is 11.8. The minimum Gasteiger partial charge on any atom is -0.493 e.